The molecule has 27 heavy (non-hydrogen) atoms. The molecule has 1 aliphatic rings. The lowest BCUT2D eigenvalue weighted by molar-refractivity contribution is 0.102. The molecule has 0 saturated heterocycles. The minimum atomic E-state index is -0.260. The molecule has 3 aromatic rings. The number of nitrogens with zero attached hydrogens (tertiary/aromatic N) is 1. The van der Waals surface area contributed by atoms with E-state index in [4.69, 9.17) is 27.9 Å². The molecule has 2 N–H and O–H groups in total. The van der Waals surface area contributed by atoms with Gasteiger partial charge >= 0.3 is 0 Å². The third kappa shape index (κ3) is 3.26. The van der Waals surface area contributed by atoms with E-state index in [1.54, 1.807) is 13.2 Å². The Bertz CT molecular complexity index is 1010. The topological polar surface area (TPSA) is 67.0 Å². The lowest BCUT2D eigenvalue weighted by Crippen LogP contribution is -2.13. The zero-order chi connectivity index (χ0) is 19.0. The number of amides is 1. The zero-order valence-electron chi connectivity index (χ0n) is 14.9. The maximum absolute atomic E-state index is 13.1. The number of ether oxygens (including phenoxy) is 1. The predicted octanol–water partition coefficient (Wildman–Crippen LogP) is 5.40. The first kappa shape index (κ1) is 18.1. The molecule has 4 rings (SSSR count). The monoisotopic (exact) mass is 403 g/mol. The van der Waals surface area contributed by atoms with Crippen LogP contribution < -0.4 is 10.1 Å². The van der Waals surface area contributed by atoms with Crippen LogP contribution in [0.5, 0.6) is 5.75 Å². The van der Waals surface area contributed by atoms with Crippen molar-refractivity contribution in [2.75, 3.05) is 12.4 Å². The van der Waals surface area contributed by atoms with Crippen molar-refractivity contribution < 1.29 is 9.53 Å². The molecule has 0 saturated carbocycles. The SMILES string of the molecule is COc1ccc(C(=O)Nc2c(Cl)cncc2Cl)c2c3c([nH]c12)CCCCC3. The lowest BCUT2D eigenvalue weighted by Gasteiger charge is -2.12. The van der Waals surface area contributed by atoms with Crippen LogP contribution in [0.2, 0.25) is 10.0 Å². The van der Waals surface area contributed by atoms with E-state index < -0.39 is 0 Å². The Kier molecular flexibility index (Phi) is 4.98. The molecule has 1 amide bonds. The summed E-state index contributed by atoms with van der Waals surface area (Å²) in [7, 11) is 1.64. The second-order valence-corrected chi connectivity index (χ2v) is 7.45. The van der Waals surface area contributed by atoms with E-state index in [0.29, 0.717) is 21.3 Å². The molecule has 140 valence electrons. The van der Waals surface area contributed by atoms with Gasteiger partial charge in [-0.05, 0) is 43.4 Å². The van der Waals surface area contributed by atoms with Crippen LogP contribution in [0.25, 0.3) is 10.9 Å². The predicted molar refractivity (Wildman–Crippen MR) is 108 cm³/mol. The number of methoxy groups -OCH3 is 1. The number of halogens is 2. The number of rotatable bonds is 3. The summed E-state index contributed by atoms with van der Waals surface area (Å²) in [5, 5.41) is 4.36. The van der Waals surface area contributed by atoms with Gasteiger partial charge in [0.05, 0.1) is 28.4 Å². The number of nitrogens with one attached hydrogen (secondary N) is 2. The average Bonchev–Trinajstić information content (AvgIpc) is 2.86. The summed E-state index contributed by atoms with van der Waals surface area (Å²) in [6.45, 7) is 0. The molecule has 1 aliphatic carbocycles. The Morgan fingerprint density at radius 3 is 2.63 bits per heavy atom. The van der Waals surface area contributed by atoms with Crippen molar-refractivity contribution in [3.05, 3.63) is 51.4 Å². The van der Waals surface area contributed by atoms with E-state index in [1.807, 2.05) is 6.07 Å². The van der Waals surface area contributed by atoms with Crippen molar-refractivity contribution in [1.29, 1.82) is 0 Å². The Morgan fingerprint density at radius 2 is 1.89 bits per heavy atom. The number of benzene rings is 1. The number of hydrogen-bond acceptors (Lipinski definition) is 3. The Morgan fingerprint density at radius 1 is 1.15 bits per heavy atom. The molecule has 5 nitrogen and oxygen atoms in total. The molecule has 0 fully saturated rings. The summed E-state index contributed by atoms with van der Waals surface area (Å²) in [5.41, 5.74) is 4.21. The van der Waals surface area contributed by atoms with Gasteiger partial charge in [-0.15, -0.1) is 0 Å². The number of hydrogen-bond donors (Lipinski definition) is 2. The fraction of sp³-hybridized carbons (Fsp3) is 0.300. The van der Waals surface area contributed by atoms with E-state index in [1.165, 1.54) is 30.1 Å². The standard InChI is InChI=1S/C20H19Cl2N3O2/c1-27-16-8-7-12(20(26)25-18-13(21)9-23-10-14(18)22)17-11-5-3-2-4-6-15(11)24-19(16)17/h7-10,24H,2-6H2,1H3,(H,23,25,26). The Labute approximate surface area is 167 Å². The molecule has 0 unspecified atom stereocenters. The van der Waals surface area contributed by atoms with Crippen molar-refractivity contribution in [3.8, 4) is 5.75 Å². The van der Waals surface area contributed by atoms with Crippen molar-refractivity contribution >= 4 is 45.7 Å². The number of fused-ring (bicyclic) bond motifs is 3. The summed E-state index contributed by atoms with van der Waals surface area (Å²) in [6, 6.07) is 3.60. The van der Waals surface area contributed by atoms with Gasteiger partial charge < -0.3 is 15.0 Å². The summed E-state index contributed by atoms with van der Waals surface area (Å²) in [5.74, 6) is 0.471. The highest BCUT2D eigenvalue weighted by molar-refractivity contribution is 6.39. The summed E-state index contributed by atoms with van der Waals surface area (Å²) >= 11 is 12.3. The fourth-order valence-corrected chi connectivity index (χ4v) is 4.20. The van der Waals surface area contributed by atoms with Gasteiger partial charge in [0.15, 0.2) is 0 Å². The quantitative estimate of drug-likeness (QED) is 0.575. The minimum Gasteiger partial charge on any atom is -0.495 e. The third-order valence-electron chi connectivity index (χ3n) is 5.02. The van der Waals surface area contributed by atoms with E-state index in [-0.39, 0.29) is 5.91 Å². The fourth-order valence-electron chi connectivity index (χ4n) is 3.74. The van der Waals surface area contributed by atoms with E-state index >= 15 is 0 Å². The van der Waals surface area contributed by atoms with Gasteiger partial charge in [-0.25, -0.2) is 0 Å². The number of anilines is 1. The molecule has 0 atom stereocenters. The Hall–Kier alpha value is -2.24. The third-order valence-corrected chi connectivity index (χ3v) is 5.59. The highest BCUT2D eigenvalue weighted by Crippen LogP contribution is 2.37. The number of carbonyl (C=O) groups is 1. The number of carbonyl (C=O) groups excluding carboxylic acids is 1. The molecule has 0 spiro atoms. The highest BCUT2D eigenvalue weighted by Gasteiger charge is 2.23. The van der Waals surface area contributed by atoms with Gasteiger partial charge in [0.2, 0.25) is 0 Å². The molecular weight excluding hydrogens is 385 g/mol. The first-order valence-electron chi connectivity index (χ1n) is 8.91. The number of H-pyrrole nitrogens is 1. The molecule has 7 heteroatoms. The van der Waals surface area contributed by atoms with Gasteiger partial charge in [-0.2, -0.15) is 0 Å². The molecule has 2 heterocycles. The normalized spacial score (nSPS) is 13.9. The largest absolute Gasteiger partial charge is 0.495 e. The zero-order valence-corrected chi connectivity index (χ0v) is 16.4. The van der Waals surface area contributed by atoms with Gasteiger partial charge in [-0.3, -0.25) is 9.78 Å². The van der Waals surface area contributed by atoms with Gasteiger partial charge in [-0.1, -0.05) is 29.6 Å². The molecular formula is C20H19Cl2N3O2. The molecule has 1 aromatic carbocycles. The van der Waals surface area contributed by atoms with Crippen LogP contribution in [-0.2, 0) is 12.8 Å². The van der Waals surface area contributed by atoms with Crippen LogP contribution in [0, 0.1) is 0 Å². The molecule has 0 radical (unpaired) electrons. The Balaban J connectivity index is 1.84. The summed E-state index contributed by atoms with van der Waals surface area (Å²) in [4.78, 5) is 20.5. The van der Waals surface area contributed by atoms with Crippen molar-refractivity contribution in [2.24, 2.45) is 0 Å². The van der Waals surface area contributed by atoms with Crippen LogP contribution in [0.4, 0.5) is 5.69 Å². The smallest absolute Gasteiger partial charge is 0.256 e. The van der Waals surface area contributed by atoms with E-state index in [2.05, 4.69) is 15.3 Å². The number of aromatic nitrogens is 2. The van der Waals surface area contributed by atoms with Crippen LogP contribution >= 0.6 is 23.2 Å². The summed E-state index contributed by atoms with van der Waals surface area (Å²) in [6.07, 6.45) is 8.28. The van der Waals surface area contributed by atoms with Crippen molar-refractivity contribution in [2.45, 2.75) is 32.1 Å². The number of aromatic amines is 1. The van der Waals surface area contributed by atoms with Gasteiger partial charge in [0.25, 0.3) is 5.91 Å². The van der Waals surface area contributed by atoms with Gasteiger partial charge in [0.1, 0.15) is 5.75 Å². The second-order valence-electron chi connectivity index (χ2n) is 6.64. The van der Waals surface area contributed by atoms with E-state index in [9.17, 15) is 4.79 Å². The maximum atomic E-state index is 13.1. The minimum absolute atomic E-state index is 0.260. The van der Waals surface area contributed by atoms with E-state index in [0.717, 1.165) is 42.3 Å². The lowest BCUT2D eigenvalue weighted by atomic mass is 10.0. The summed E-state index contributed by atoms with van der Waals surface area (Å²) < 4.78 is 5.51. The molecule has 2 aromatic heterocycles. The van der Waals surface area contributed by atoms with Crippen LogP contribution in [0.3, 0.4) is 0 Å². The van der Waals surface area contributed by atoms with Crippen LogP contribution in [-0.4, -0.2) is 23.0 Å². The first-order chi connectivity index (χ1) is 13.1. The average molecular weight is 404 g/mol. The first-order valence-corrected chi connectivity index (χ1v) is 9.66. The highest BCUT2D eigenvalue weighted by atomic mass is 35.5. The molecule has 0 bridgehead atoms. The van der Waals surface area contributed by atoms with Crippen molar-refractivity contribution in [3.63, 3.8) is 0 Å². The van der Waals surface area contributed by atoms with Crippen LogP contribution in [0.15, 0.2) is 24.5 Å². The number of aryl methyl sites for hydroxylation is 2. The second kappa shape index (κ2) is 7.41. The number of pyridine rings is 1. The van der Waals surface area contributed by atoms with Gasteiger partial charge in [0, 0.05) is 29.0 Å². The van der Waals surface area contributed by atoms with Crippen LogP contribution in [0.1, 0.15) is 40.9 Å². The van der Waals surface area contributed by atoms with Crippen molar-refractivity contribution in [1.82, 2.24) is 9.97 Å². The maximum Gasteiger partial charge on any atom is 0.256 e. The molecule has 0 aliphatic heterocycles.